The predicted octanol–water partition coefficient (Wildman–Crippen LogP) is 3.09. The van der Waals surface area contributed by atoms with Crippen molar-refractivity contribution >= 4 is 22.5 Å². The van der Waals surface area contributed by atoms with E-state index in [1.807, 2.05) is 56.3 Å². The molecule has 0 saturated heterocycles. The molecule has 2 aromatic carbocycles. The fourth-order valence-electron chi connectivity index (χ4n) is 2.05. The zero-order valence-corrected chi connectivity index (χ0v) is 11.9. The van der Waals surface area contributed by atoms with Gasteiger partial charge in [-0.1, -0.05) is 43.3 Å². The van der Waals surface area contributed by atoms with Crippen LogP contribution in [0.2, 0.25) is 0 Å². The normalized spacial score (nSPS) is 13.8. The highest BCUT2D eigenvalue weighted by molar-refractivity contribution is 6.01. The van der Waals surface area contributed by atoms with Gasteiger partial charge >= 0.3 is 6.03 Å². The highest BCUT2D eigenvalue weighted by Crippen LogP contribution is 2.23. The summed E-state index contributed by atoms with van der Waals surface area (Å²) in [5.41, 5.74) is 6.13. The molecule has 0 bridgehead atoms. The zero-order chi connectivity index (χ0) is 14.6. The summed E-state index contributed by atoms with van der Waals surface area (Å²) in [6.45, 7) is 4.35. The summed E-state index contributed by atoms with van der Waals surface area (Å²) in [6.07, 6.45) is 0.784. The van der Waals surface area contributed by atoms with Gasteiger partial charge in [-0.2, -0.15) is 0 Å². The number of hydrogen-bond donors (Lipinski definition) is 3. The Balaban J connectivity index is 2.18. The number of nitrogens with two attached hydrogens (primary N) is 1. The number of benzene rings is 2. The lowest BCUT2D eigenvalue weighted by molar-refractivity contribution is 0.238. The van der Waals surface area contributed by atoms with Gasteiger partial charge < -0.3 is 16.4 Å². The van der Waals surface area contributed by atoms with Gasteiger partial charge in [-0.05, 0) is 24.8 Å². The largest absolute Gasteiger partial charge is 0.331 e. The van der Waals surface area contributed by atoms with Crippen LogP contribution in [0.5, 0.6) is 0 Å². The lowest BCUT2D eigenvalue weighted by Gasteiger charge is -2.28. The maximum absolute atomic E-state index is 12.1. The van der Waals surface area contributed by atoms with E-state index in [4.69, 9.17) is 5.73 Å². The standard InChI is InChI=1S/C16H21N3O/c1-3-16(2,11-17)19-15(20)18-14-10-6-8-12-7-4-5-9-13(12)14/h4-10H,3,11,17H2,1-2H3,(H2,18,19,20). The lowest BCUT2D eigenvalue weighted by atomic mass is 10.00. The van der Waals surface area contributed by atoms with Gasteiger partial charge in [0.05, 0.1) is 11.2 Å². The van der Waals surface area contributed by atoms with E-state index in [1.54, 1.807) is 0 Å². The topological polar surface area (TPSA) is 67.1 Å². The molecule has 0 aromatic heterocycles. The maximum Gasteiger partial charge on any atom is 0.319 e. The first-order chi connectivity index (χ1) is 9.58. The van der Waals surface area contributed by atoms with Crippen LogP contribution >= 0.6 is 0 Å². The molecular formula is C16H21N3O. The molecule has 20 heavy (non-hydrogen) atoms. The molecule has 0 heterocycles. The minimum Gasteiger partial charge on any atom is -0.331 e. The third kappa shape index (κ3) is 3.08. The van der Waals surface area contributed by atoms with Crippen molar-refractivity contribution in [2.75, 3.05) is 11.9 Å². The third-order valence-electron chi connectivity index (χ3n) is 3.68. The van der Waals surface area contributed by atoms with E-state index in [0.717, 1.165) is 22.9 Å². The number of amides is 2. The van der Waals surface area contributed by atoms with Crippen molar-refractivity contribution in [3.05, 3.63) is 42.5 Å². The van der Waals surface area contributed by atoms with Crippen molar-refractivity contribution in [3.8, 4) is 0 Å². The molecule has 2 rings (SSSR count). The van der Waals surface area contributed by atoms with E-state index in [1.165, 1.54) is 0 Å². The Labute approximate surface area is 119 Å². The van der Waals surface area contributed by atoms with Crippen molar-refractivity contribution in [2.24, 2.45) is 5.73 Å². The molecule has 1 unspecified atom stereocenters. The van der Waals surface area contributed by atoms with Gasteiger partial charge in [-0.3, -0.25) is 0 Å². The van der Waals surface area contributed by atoms with E-state index < -0.39 is 0 Å². The molecule has 106 valence electrons. The van der Waals surface area contributed by atoms with Crippen LogP contribution in [0, 0.1) is 0 Å². The van der Waals surface area contributed by atoms with Crippen LogP contribution in [0.15, 0.2) is 42.5 Å². The molecule has 0 saturated carbocycles. The van der Waals surface area contributed by atoms with Gasteiger partial charge in [0.25, 0.3) is 0 Å². The molecule has 4 N–H and O–H groups in total. The summed E-state index contributed by atoms with van der Waals surface area (Å²) < 4.78 is 0. The Morgan fingerprint density at radius 1 is 1.20 bits per heavy atom. The van der Waals surface area contributed by atoms with Crippen molar-refractivity contribution in [1.29, 1.82) is 0 Å². The van der Waals surface area contributed by atoms with Gasteiger partial charge in [0.2, 0.25) is 0 Å². The van der Waals surface area contributed by atoms with Crippen molar-refractivity contribution < 1.29 is 4.79 Å². The Morgan fingerprint density at radius 2 is 1.90 bits per heavy atom. The van der Waals surface area contributed by atoms with E-state index in [0.29, 0.717) is 6.54 Å². The monoisotopic (exact) mass is 271 g/mol. The minimum absolute atomic E-state index is 0.226. The first-order valence-corrected chi connectivity index (χ1v) is 6.85. The molecule has 0 spiro atoms. The third-order valence-corrected chi connectivity index (χ3v) is 3.68. The van der Waals surface area contributed by atoms with Crippen LogP contribution in [0.3, 0.4) is 0 Å². The minimum atomic E-state index is -0.380. The second-order valence-corrected chi connectivity index (χ2v) is 5.22. The average molecular weight is 271 g/mol. The van der Waals surface area contributed by atoms with Crippen LogP contribution in [-0.4, -0.2) is 18.1 Å². The van der Waals surface area contributed by atoms with E-state index >= 15 is 0 Å². The number of rotatable bonds is 4. The zero-order valence-electron chi connectivity index (χ0n) is 11.9. The Morgan fingerprint density at radius 3 is 2.60 bits per heavy atom. The Hall–Kier alpha value is -2.07. The Bertz CT molecular complexity index is 600. The first-order valence-electron chi connectivity index (χ1n) is 6.85. The van der Waals surface area contributed by atoms with Crippen LogP contribution < -0.4 is 16.4 Å². The number of carbonyl (C=O) groups is 1. The molecule has 0 aliphatic carbocycles. The maximum atomic E-state index is 12.1. The van der Waals surface area contributed by atoms with Gasteiger partial charge in [-0.15, -0.1) is 0 Å². The number of hydrogen-bond acceptors (Lipinski definition) is 2. The summed E-state index contributed by atoms with van der Waals surface area (Å²) in [5.74, 6) is 0. The van der Waals surface area contributed by atoms with Crippen LogP contribution in [0.25, 0.3) is 10.8 Å². The summed E-state index contributed by atoms with van der Waals surface area (Å²) in [6, 6.07) is 13.6. The molecule has 0 fully saturated rings. The number of anilines is 1. The highest BCUT2D eigenvalue weighted by Gasteiger charge is 2.22. The average Bonchev–Trinajstić information content (AvgIpc) is 2.47. The Kier molecular flexibility index (Phi) is 4.25. The van der Waals surface area contributed by atoms with Crippen LogP contribution in [-0.2, 0) is 0 Å². The molecule has 2 amide bonds. The number of carbonyl (C=O) groups excluding carboxylic acids is 1. The second kappa shape index (κ2) is 5.92. The van der Waals surface area contributed by atoms with Gasteiger partial charge in [-0.25, -0.2) is 4.79 Å². The molecule has 0 radical (unpaired) electrons. The quantitative estimate of drug-likeness (QED) is 0.800. The second-order valence-electron chi connectivity index (χ2n) is 5.22. The summed E-state index contributed by atoms with van der Waals surface area (Å²) in [5, 5.41) is 7.96. The van der Waals surface area contributed by atoms with Crippen molar-refractivity contribution in [1.82, 2.24) is 5.32 Å². The predicted molar refractivity (Wildman–Crippen MR) is 83.9 cm³/mol. The van der Waals surface area contributed by atoms with Crippen molar-refractivity contribution in [3.63, 3.8) is 0 Å². The molecule has 2 aromatic rings. The molecule has 0 aliphatic rings. The molecule has 0 aliphatic heterocycles. The fourth-order valence-corrected chi connectivity index (χ4v) is 2.05. The number of urea groups is 1. The van der Waals surface area contributed by atoms with Gasteiger partial charge in [0.1, 0.15) is 0 Å². The van der Waals surface area contributed by atoms with Gasteiger partial charge in [0, 0.05) is 11.9 Å². The molecule has 4 nitrogen and oxygen atoms in total. The number of fused-ring (bicyclic) bond motifs is 1. The molecular weight excluding hydrogens is 250 g/mol. The van der Waals surface area contributed by atoms with Crippen LogP contribution in [0.4, 0.5) is 10.5 Å². The molecule has 1 atom stereocenters. The SMILES string of the molecule is CCC(C)(CN)NC(=O)Nc1cccc2ccccc12. The summed E-state index contributed by atoms with van der Waals surface area (Å²) >= 11 is 0. The highest BCUT2D eigenvalue weighted by atomic mass is 16.2. The summed E-state index contributed by atoms with van der Waals surface area (Å²) in [4.78, 5) is 12.1. The van der Waals surface area contributed by atoms with Gasteiger partial charge in [0.15, 0.2) is 0 Å². The van der Waals surface area contributed by atoms with E-state index in [-0.39, 0.29) is 11.6 Å². The van der Waals surface area contributed by atoms with E-state index in [9.17, 15) is 4.79 Å². The van der Waals surface area contributed by atoms with Crippen molar-refractivity contribution in [2.45, 2.75) is 25.8 Å². The fraction of sp³-hybridized carbons (Fsp3) is 0.312. The molecule has 4 heteroatoms. The van der Waals surface area contributed by atoms with Crippen LogP contribution in [0.1, 0.15) is 20.3 Å². The first kappa shape index (κ1) is 14.3. The summed E-state index contributed by atoms with van der Waals surface area (Å²) in [7, 11) is 0. The lowest BCUT2D eigenvalue weighted by Crippen LogP contribution is -2.52. The smallest absolute Gasteiger partial charge is 0.319 e. The number of nitrogens with one attached hydrogen (secondary N) is 2. The van der Waals surface area contributed by atoms with E-state index in [2.05, 4.69) is 10.6 Å².